The Morgan fingerprint density at radius 2 is 2.06 bits per heavy atom. The quantitative estimate of drug-likeness (QED) is 0.637. The van der Waals surface area contributed by atoms with Gasteiger partial charge in [0.2, 0.25) is 0 Å². The molecular weight excluding hydrogens is 412 g/mol. The number of hydrogen-bond acceptors (Lipinski definition) is 8. The lowest BCUT2D eigenvalue weighted by Crippen LogP contribution is -2.54. The van der Waals surface area contributed by atoms with Crippen LogP contribution in [0, 0.1) is 0 Å². The first kappa shape index (κ1) is 21.7. The number of aromatic nitrogens is 4. The van der Waals surface area contributed by atoms with Gasteiger partial charge in [-0.1, -0.05) is 13.8 Å². The lowest BCUT2D eigenvalue weighted by molar-refractivity contribution is 0.0997. The second-order valence-electron chi connectivity index (χ2n) is 7.96. The van der Waals surface area contributed by atoms with Gasteiger partial charge in [0.1, 0.15) is 5.65 Å². The van der Waals surface area contributed by atoms with Gasteiger partial charge in [0.05, 0.1) is 24.5 Å². The van der Waals surface area contributed by atoms with Crippen LogP contribution in [-0.2, 0) is 0 Å². The fourth-order valence-electron chi connectivity index (χ4n) is 4.02. The van der Waals surface area contributed by atoms with Gasteiger partial charge in [-0.25, -0.2) is 14.6 Å². The third kappa shape index (κ3) is 4.01. The third-order valence-corrected chi connectivity index (χ3v) is 5.53. The monoisotopic (exact) mass is 438 g/mol. The van der Waals surface area contributed by atoms with Crippen molar-refractivity contribution in [2.75, 3.05) is 20.2 Å². The Hall–Kier alpha value is -3.53. The lowest BCUT2D eigenvalue weighted by Gasteiger charge is -2.39. The summed E-state index contributed by atoms with van der Waals surface area (Å²) in [5, 5.41) is 4.03. The summed E-state index contributed by atoms with van der Waals surface area (Å²) < 4.78 is 11.3. The van der Waals surface area contributed by atoms with Gasteiger partial charge in [0.15, 0.2) is 11.5 Å². The summed E-state index contributed by atoms with van der Waals surface area (Å²) in [6, 6.07) is 4.55. The normalized spacial score (nSPS) is 18.7. The molecule has 10 heteroatoms. The number of aromatic amines is 1. The highest BCUT2D eigenvalue weighted by Gasteiger charge is 2.37. The van der Waals surface area contributed by atoms with Gasteiger partial charge in [0, 0.05) is 43.0 Å². The first-order valence-electron chi connectivity index (χ1n) is 10.5. The SMILES string of the molecule is COc1ccnc(C(C)C)c1OC(=O)N1CCNC(C)C1c1nc(=O)[nH]c2ncccc12. The van der Waals surface area contributed by atoms with E-state index in [1.165, 1.54) is 7.11 Å². The fourth-order valence-corrected chi connectivity index (χ4v) is 4.02. The lowest BCUT2D eigenvalue weighted by atomic mass is 9.99. The Morgan fingerprint density at radius 3 is 2.81 bits per heavy atom. The van der Waals surface area contributed by atoms with Crippen LogP contribution in [0.25, 0.3) is 11.0 Å². The molecule has 4 heterocycles. The minimum atomic E-state index is -0.560. The van der Waals surface area contributed by atoms with Crippen LogP contribution in [0.5, 0.6) is 11.5 Å². The van der Waals surface area contributed by atoms with E-state index in [0.717, 1.165) is 0 Å². The topological polar surface area (TPSA) is 122 Å². The second-order valence-corrected chi connectivity index (χ2v) is 7.96. The smallest absolute Gasteiger partial charge is 0.416 e. The Morgan fingerprint density at radius 1 is 1.25 bits per heavy atom. The van der Waals surface area contributed by atoms with E-state index in [4.69, 9.17) is 9.47 Å². The molecule has 1 aliphatic heterocycles. The molecule has 1 amide bonds. The van der Waals surface area contributed by atoms with E-state index in [2.05, 4.69) is 25.3 Å². The number of methoxy groups -OCH3 is 1. The highest BCUT2D eigenvalue weighted by molar-refractivity contribution is 5.79. The number of rotatable bonds is 4. The predicted molar refractivity (Wildman–Crippen MR) is 118 cm³/mol. The van der Waals surface area contributed by atoms with Gasteiger partial charge < -0.3 is 14.8 Å². The largest absolute Gasteiger partial charge is 0.493 e. The predicted octanol–water partition coefficient (Wildman–Crippen LogP) is 2.38. The molecule has 0 saturated carbocycles. The number of carbonyl (C=O) groups is 1. The molecule has 0 spiro atoms. The number of nitrogens with one attached hydrogen (secondary N) is 2. The number of piperazine rings is 1. The molecule has 2 N–H and O–H groups in total. The third-order valence-electron chi connectivity index (χ3n) is 5.53. The number of nitrogens with zero attached hydrogens (tertiary/aromatic N) is 4. The zero-order valence-electron chi connectivity index (χ0n) is 18.5. The standard InChI is InChI=1S/C22H26N6O4/c1-12(2)16-19(15(31-4)7-9-24-16)32-22(30)28-11-10-23-13(3)18(28)17-14-6-5-8-25-20(14)27-21(29)26-17/h5-9,12-13,18,23H,10-11H2,1-4H3,(H,25,26,27,29). The van der Waals surface area contributed by atoms with Gasteiger partial charge in [-0.2, -0.15) is 4.98 Å². The zero-order valence-corrected chi connectivity index (χ0v) is 18.5. The van der Waals surface area contributed by atoms with E-state index in [-0.39, 0.29) is 12.0 Å². The Bertz CT molecular complexity index is 1190. The molecule has 0 aromatic carbocycles. The van der Waals surface area contributed by atoms with Crippen molar-refractivity contribution in [3.8, 4) is 11.5 Å². The van der Waals surface area contributed by atoms with Crippen molar-refractivity contribution in [1.29, 1.82) is 0 Å². The average molecular weight is 438 g/mol. The van der Waals surface area contributed by atoms with E-state index in [0.29, 0.717) is 47.0 Å². The minimum absolute atomic E-state index is 0.0232. The van der Waals surface area contributed by atoms with E-state index < -0.39 is 17.8 Å². The summed E-state index contributed by atoms with van der Waals surface area (Å²) >= 11 is 0. The van der Waals surface area contributed by atoms with Gasteiger partial charge >= 0.3 is 11.8 Å². The fraction of sp³-hybridized carbons (Fsp3) is 0.409. The molecule has 4 rings (SSSR count). The van der Waals surface area contributed by atoms with Crippen LogP contribution < -0.4 is 20.5 Å². The highest BCUT2D eigenvalue weighted by Crippen LogP contribution is 2.36. The van der Waals surface area contributed by atoms with Crippen molar-refractivity contribution >= 4 is 17.1 Å². The number of pyridine rings is 2. The Balaban J connectivity index is 1.76. The molecule has 2 unspecified atom stereocenters. The Kier molecular flexibility index (Phi) is 6.04. The molecule has 168 valence electrons. The van der Waals surface area contributed by atoms with Gasteiger partial charge in [-0.05, 0) is 25.0 Å². The summed E-state index contributed by atoms with van der Waals surface area (Å²) in [5.74, 6) is 0.751. The van der Waals surface area contributed by atoms with Crippen LogP contribution in [0.15, 0.2) is 35.4 Å². The maximum atomic E-state index is 13.4. The molecule has 0 radical (unpaired) electrons. The highest BCUT2D eigenvalue weighted by atomic mass is 16.6. The van der Waals surface area contributed by atoms with Crippen LogP contribution in [-0.4, -0.2) is 57.2 Å². The summed E-state index contributed by atoms with van der Waals surface area (Å²) in [6.45, 7) is 6.83. The van der Waals surface area contributed by atoms with Crippen molar-refractivity contribution < 1.29 is 14.3 Å². The number of H-pyrrole nitrogens is 1. The molecule has 10 nitrogen and oxygen atoms in total. The number of hydrogen-bond donors (Lipinski definition) is 2. The van der Waals surface area contributed by atoms with E-state index in [9.17, 15) is 9.59 Å². The van der Waals surface area contributed by atoms with Crippen LogP contribution in [0.2, 0.25) is 0 Å². The molecule has 3 aromatic heterocycles. The Labute approximate surface area is 185 Å². The number of carbonyl (C=O) groups excluding carboxylic acids is 1. The summed E-state index contributed by atoms with van der Waals surface area (Å²) in [5.41, 5.74) is 0.995. The van der Waals surface area contributed by atoms with Crippen molar-refractivity contribution in [3.63, 3.8) is 0 Å². The summed E-state index contributed by atoms with van der Waals surface area (Å²) in [4.78, 5) is 42.7. The van der Waals surface area contributed by atoms with E-state index >= 15 is 0 Å². The molecule has 3 aromatic rings. The minimum Gasteiger partial charge on any atom is -0.493 e. The van der Waals surface area contributed by atoms with Crippen LogP contribution >= 0.6 is 0 Å². The van der Waals surface area contributed by atoms with Crippen molar-refractivity contribution in [1.82, 2.24) is 30.2 Å². The van der Waals surface area contributed by atoms with Crippen LogP contribution in [0.3, 0.4) is 0 Å². The van der Waals surface area contributed by atoms with Crippen molar-refractivity contribution in [2.24, 2.45) is 0 Å². The van der Waals surface area contributed by atoms with E-state index in [1.54, 1.807) is 29.4 Å². The summed E-state index contributed by atoms with van der Waals surface area (Å²) in [6.07, 6.45) is 2.66. The number of ether oxygens (including phenoxy) is 2. The van der Waals surface area contributed by atoms with Crippen molar-refractivity contribution in [3.05, 3.63) is 52.5 Å². The second kappa shape index (κ2) is 8.91. The van der Waals surface area contributed by atoms with Gasteiger partial charge in [0.25, 0.3) is 0 Å². The maximum Gasteiger partial charge on any atom is 0.416 e. The van der Waals surface area contributed by atoms with Crippen LogP contribution in [0.1, 0.15) is 44.1 Å². The number of amides is 1. The average Bonchev–Trinajstić information content (AvgIpc) is 2.78. The number of fused-ring (bicyclic) bond motifs is 1. The van der Waals surface area contributed by atoms with Gasteiger partial charge in [-0.3, -0.25) is 14.9 Å². The maximum absolute atomic E-state index is 13.4. The van der Waals surface area contributed by atoms with Gasteiger partial charge in [-0.15, -0.1) is 0 Å². The summed E-state index contributed by atoms with van der Waals surface area (Å²) in [7, 11) is 1.52. The molecule has 32 heavy (non-hydrogen) atoms. The zero-order chi connectivity index (χ0) is 22.8. The first-order valence-corrected chi connectivity index (χ1v) is 10.5. The van der Waals surface area contributed by atoms with Crippen LogP contribution in [0.4, 0.5) is 4.79 Å². The molecule has 1 fully saturated rings. The molecule has 0 aliphatic carbocycles. The molecular formula is C22H26N6O4. The molecule has 1 saturated heterocycles. The molecule has 0 bridgehead atoms. The van der Waals surface area contributed by atoms with E-state index in [1.807, 2.05) is 26.8 Å². The first-order chi connectivity index (χ1) is 15.4. The molecule has 2 atom stereocenters. The molecule has 1 aliphatic rings. The van der Waals surface area contributed by atoms with Crippen molar-refractivity contribution in [2.45, 2.75) is 38.8 Å².